The summed E-state index contributed by atoms with van der Waals surface area (Å²) in [5, 5.41) is 8.27. The molecular formula is C16H27N6O+. The van der Waals surface area contributed by atoms with Gasteiger partial charge in [0.1, 0.15) is 5.52 Å². The van der Waals surface area contributed by atoms with Crippen LogP contribution in [0.2, 0.25) is 0 Å². The highest BCUT2D eigenvalue weighted by molar-refractivity contribution is 5.72. The van der Waals surface area contributed by atoms with E-state index in [0.29, 0.717) is 17.6 Å². The number of amidine groups is 1. The summed E-state index contributed by atoms with van der Waals surface area (Å²) in [6.45, 7) is 8.84. The molecule has 0 aliphatic heterocycles. The standard InChI is InChI=1S/C16H27N6O/c1-11(2)16(3,4)12-9-13-14(17-10-12)22(19-18-13)23-15(20(5)6)21(7)8/h9-11H,1-8H3/q+1. The van der Waals surface area contributed by atoms with Crippen molar-refractivity contribution in [2.45, 2.75) is 33.1 Å². The molecule has 0 aliphatic rings. The van der Waals surface area contributed by atoms with Crippen LogP contribution in [0.15, 0.2) is 12.3 Å². The number of pyridine rings is 1. The molecule has 0 aliphatic carbocycles. The van der Waals surface area contributed by atoms with Gasteiger partial charge in [-0.1, -0.05) is 27.7 Å². The summed E-state index contributed by atoms with van der Waals surface area (Å²) in [5.41, 5.74) is 2.51. The Kier molecular flexibility index (Phi) is 4.58. The van der Waals surface area contributed by atoms with E-state index < -0.39 is 0 Å². The molecule has 2 rings (SSSR count). The minimum atomic E-state index is 0.0242. The van der Waals surface area contributed by atoms with Crippen molar-refractivity contribution in [1.82, 2.24) is 25.0 Å². The fourth-order valence-corrected chi connectivity index (χ4v) is 2.19. The van der Waals surface area contributed by atoms with Gasteiger partial charge in [0.15, 0.2) is 0 Å². The van der Waals surface area contributed by atoms with Crippen molar-refractivity contribution in [2.75, 3.05) is 28.2 Å². The maximum atomic E-state index is 5.81. The van der Waals surface area contributed by atoms with Crippen LogP contribution in [-0.4, -0.2) is 63.8 Å². The molecule has 2 aromatic rings. The lowest BCUT2D eigenvalue weighted by Gasteiger charge is -2.29. The van der Waals surface area contributed by atoms with E-state index >= 15 is 0 Å². The number of rotatable bonds is 3. The molecule has 23 heavy (non-hydrogen) atoms. The van der Waals surface area contributed by atoms with Gasteiger partial charge < -0.3 is 0 Å². The van der Waals surface area contributed by atoms with E-state index in [-0.39, 0.29) is 5.41 Å². The van der Waals surface area contributed by atoms with Crippen LogP contribution in [0.3, 0.4) is 0 Å². The van der Waals surface area contributed by atoms with Crippen molar-refractivity contribution in [3.8, 4) is 0 Å². The molecule has 0 fully saturated rings. The summed E-state index contributed by atoms with van der Waals surface area (Å²) in [6.07, 6.45) is 1.89. The van der Waals surface area contributed by atoms with Gasteiger partial charge in [-0.05, 0) is 33.0 Å². The van der Waals surface area contributed by atoms with E-state index in [4.69, 9.17) is 4.84 Å². The second kappa shape index (κ2) is 6.14. The molecule has 126 valence electrons. The zero-order chi connectivity index (χ0) is 17.4. The molecule has 0 radical (unpaired) electrons. The topological polar surface area (TPSA) is 59.1 Å². The minimum absolute atomic E-state index is 0.0242. The lowest BCUT2D eigenvalue weighted by molar-refractivity contribution is -0.480. The van der Waals surface area contributed by atoms with Crippen LogP contribution in [0.25, 0.3) is 11.2 Å². The lowest BCUT2D eigenvalue weighted by Crippen LogP contribution is -2.39. The second-order valence-electron chi connectivity index (χ2n) is 7.07. The molecule has 0 bridgehead atoms. The SMILES string of the molecule is CC(C)C(C)(C)c1cnc2c(c1)nnn2OC(N(C)C)=[N+](C)C. The first kappa shape index (κ1) is 17.2. The molecule has 7 heteroatoms. The molecule has 0 aromatic carbocycles. The third-order valence-corrected chi connectivity index (χ3v) is 4.38. The molecule has 0 spiro atoms. The third-order valence-electron chi connectivity index (χ3n) is 4.38. The van der Waals surface area contributed by atoms with E-state index in [1.807, 2.05) is 49.9 Å². The predicted octanol–water partition coefficient (Wildman–Crippen LogP) is 1.38. The van der Waals surface area contributed by atoms with Crippen molar-refractivity contribution >= 4 is 17.2 Å². The smallest absolute Gasteiger partial charge is 0.277 e. The maximum Gasteiger partial charge on any atom is 0.472 e. The van der Waals surface area contributed by atoms with Gasteiger partial charge >= 0.3 is 6.02 Å². The zero-order valence-electron chi connectivity index (χ0n) is 15.3. The molecule has 0 N–H and O–H groups in total. The Morgan fingerprint density at radius 3 is 2.48 bits per heavy atom. The Morgan fingerprint density at radius 1 is 1.30 bits per heavy atom. The normalized spacial score (nSPS) is 11.9. The van der Waals surface area contributed by atoms with Gasteiger partial charge in [-0.15, -0.1) is 5.10 Å². The van der Waals surface area contributed by atoms with Gasteiger partial charge in [-0.3, -0.25) is 4.84 Å². The first-order chi connectivity index (χ1) is 10.6. The van der Waals surface area contributed by atoms with E-state index in [2.05, 4.69) is 43.0 Å². The van der Waals surface area contributed by atoms with Crippen molar-refractivity contribution < 1.29 is 9.41 Å². The highest BCUT2D eigenvalue weighted by Crippen LogP contribution is 2.31. The first-order valence-corrected chi connectivity index (χ1v) is 7.76. The van der Waals surface area contributed by atoms with E-state index in [1.165, 1.54) is 4.85 Å². The van der Waals surface area contributed by atoms with Crippen LogP contribution < -0.4 is 4.84 Å². The Morgan fingerprint density at radius 2 is 1.96 bits per heavy atom. The summed E-state index contributed by atoms with van der Waals surface area (Å²) in [4.78, 5) is 13.6. The second-order valence-corrected chi connectivity index (χ2v) is 7.07. The molecule has 2 heterocycles. The Hall–Kier alpha value is -2.18. The summed E-state index contributed by atoms with van der Waals surface area (Å²) in [6, 6.07) is 2.69. The largest absolute Gasteiger partial charge is 0.472 e. The molecule has 2 aromatic heterocycles. The van der Waals surface area contributed by atoms with Gasteiger partial charge in [0.2, 0.25) is 5.65 Å². The predicted molar refractivity (Wildman–Crippen MR) is 90.6 cm³/mol. The van der Waals surface area contributed by atoms with E-state index in [1.54, 1.807) is 0 Å². The average Bonchev–Trinajstić information content (AvgIpc) is 2.85. The highest BCUT2D eigenvalue weighted by atomic mass is 16.7. The summed E-state index contributed by atoms with van der Waals surface area (Å²) < 4.78 is 1.86. The van der Waals surface area contributed by atoms with Crippen LogP contribution in [0.5, 0.6) is 0 Å². The number of fused-ring (bicyclic) bond motifs is 1. The zero-order valence-corrected chi connectivity index (χ0v) is 15.3. The van der Waals surface area contributed by atoms with Crippen LogP contribution in [0, 0.1) is 5.92 Å². The van der Waals surface area contributed by atoms with E-state index in [0.717, 1.165) is 11.1 Å². The van der Waals surface area contributed by atoms with Crippen molar-refractivity contribution in [3.63, 3.8) is 0 Å². The quantitative estimate of drug-likeness (QED) is 0.486. The van der Waals surface area contributed by atoms with Gasteiger partial charge in [0, 0.05) is 6.20 Å². The van der Waals surface area contributed by atoms with Crippen LogP contribution in [0.1, 0.15) is 33.3 Å². The number of aromatic nitrogens is 4. The third kappa shape index (κ3) is 3.28. The molecule has 0 amide bonds. The maximum absolute atomic E-state index is 5.81. The highest BCUT2D eigenvalue weighted by Gasteiger charge is 2.26. The Labute approximate surface area is 137 Å². The van der Waals surface area contributed by atoms with Gasteiger partial charge in [0.25, 0.3) is 0 Å². The molecule has 0 saturated heterocycles. The Bertz CT molecular complexity index is 725. The van der Waals surface area contributed by atoms with Crippen LogP contribution in [0.4, 0.5) is 0 Å². The Balaban J connectivity index is 2.42. The summed E-state index contributed by atoms with van der Waals surface area (Å²) >= 11 is 0. The lowest BCUT2D eigenvalue weighted by atomic mass is 9.76. The monoisotopic (exact) mass is 319 g/mol. The number of hydrogen-bond donors (Lipinski definition) is 0. The number of hydrogen-bond acceptors (Lipinski definition) is 4. The fourth-order valence-electron chi connectivity index (χ4n) is 2.19. The van der Waals surface area contributed by atoms with Crippen molar-refractivity contribution in [3.05, 3.63) is 17.8 Å². The van der Waals surface area contributed by atoms with Crippen LogP contribution in [-0.2, 0) is 5.41 Å². The summed E-state index contributed by atoms with van der Waals surface area (Å²) in [7, 11) is 7.63. The van der Waals surface area contributed by atoms with Gasteiger partial charge in [-0.2, -0.15) is 0 Å². The number of nitrogens with zero attached hydrogens (tertiary/aromatic N) is 6. The molecular weight excluding hydrogens is 292 g/mol. The van der Waals surface area contributed by atoms with Crippen molar-refractivity contribution in [2.24, 2.45) is 5.92 Å². The summed E-state index contributed by atoms with van der Waals surface area (Å²) in [5.74, 6) is 0.496. The fraction of sp³-hybridized carbons (Fsp3) is 0.625. The molecule has 0 saturated carbocycles. The molecule has 7 nitrogen and oxygen atoms in total. The van der Waals surface area contributed by atoms with Gasteiger partial charge in [0.05, 0.1) is 28.2 Å². The van der Waals surface area contributed by atoms with Gasteiger partial charge in [-0.25, -0.2) is 14.5 Å². The minimum Gasteiger partial charge on any atom is -0.277 e. The van der Waals surface area contributed by atoms with Crippen molar-refractivity contribution in [1.29, 1.82) is 0 Å². The van der Waals surface area contributed by atoms with Crippen LogP contribution >= 0.6 is 0 Å². The molecule has 0 atom stereocenters. The van der Waals surface area contributed by atoms with E-state index in [9.17, 15) is 0 Å². The molecule has 0 unspecified atom stereocenters. The average molecular weight is 319 g/mol. The first-order valence-electron chi connectivity index (χ1n) is 7.76.